The van der Waals surface area contributed by atoms with E-state index in [2.05, 4.69) is 10.4 Å². The number of aryl methyl sites for hydroxylation is 1. The number of carbonyl (C=O) groups excluding carboxylic acids is 1. The zero-order valence-corrected chi connectivity index (χ0v) is 12.2. The van der Waals surface area contributed by atoms with Crippen molar-refractivity contribution in [3.05, 3.63) is 18.0 Å². The van der Waals surface area contributed by atoms with Crippen LogP contribution in [0.15, 0.2) is 12.4 Å². The van der Waals surface area contributed by atoms with Crippen LogP contribution in [-0.2, 0) is 18.3 Å². The molecular weight excluding hydrogens is 264 g/mol. The summed E-state index contributed by atoms with van der Waals surface area (Å²) in [4.78, 5) is 12.1. The van der Waals surface area contributed by atoms with Crippen LogP contribution < -0.4 is 11.1 Å². The molecule has 1 heterocycles. The molecule has 0 unspecified atom stereocenters. The second-order valence-corrected chi connectivity index (χ2v) is 5.24. The van der Waals surface area contributed by atoms with Crippen LogP contribution in [0, 0.1) is 0 Å². The summed E-state index contributed by atoms with van der Waals surface area (Å²) in [6.07, 6.45) is 9.53. The summed E-state index contributed by atoms with van der Waals surface area (Å²) < 4.78 is 1.77. The zero-order valence-electron chi connectivity index (χ0n) is 11.4. The van der Waals surface area contributed by atoms with E-state index in [1.165, 1.54) is 6.42 Å². The van der Waals surface area contributed by atoms with Crippen molar-refractivity contribution in [2.75, 3.05) is 6.54 Å². The number of nitrogens with one attached hydrogen (secondary N) is 1. The van der Waals surface area contributed by atoms with Crippen LogP contribution in [0.2, 0.25) is 0 Å². The highest BCUT2D eigenvalue weighted by atomic mass is 35.5. The van der Waals surface area contributed by atoms with Gasteiger partial charge in [-0.05, 0) is 24.8 Å². The lowest BCUT2D eigenvalue weighted by Crippen LogP contribution is -2.55. The molecule has 2 rings (SSSR count). The highest BCUT2D eigenvalue weighted by Gasteiger charge is 2.34. The van der Waals surface area contributed by atoms with E-state index in [-0.39, 0.29) is 18.3 Å². The standard InChI is InChI=1S/C13H22N4O.ClH/c1-17-10-11(9-16-17)5-8-15-12(18)13(14)6-3-2-4-7-13;/h9-10H,2-8,14H2,1H3,(H,15,18);1H. The van der Waals surface area contributed by atoms with E-state index in [1.807, 2.05) is 19.4 Å². The minimum absolute atomic E-state index is 0. The highest BCUT2D eigenvalue weighted by molar-refractivity contribution is 5.86. The first kappa shape index (κ1) is 16.0. The van der Waals surface area contributed by atoms with Crippen molar-refractivity contribution in [2.24, 2.45) is 12.8 Å². The van der Waals surface area contributed by atoms with E-state index >= 15 is 0 Å². The molecule has 0 atom stereocenters. The molecule has 6 heteroatoms. The average molecular weight is 287 g/mol. The first-order valence-corrected chi connectivity index (χ1v) is 6.65. The number of hydrogen-bond donors (Lipinski definition) is 2. The molecular formula is C13H23ClN4O. The van der Waals surface area contributed by atoms with Crippen molar-refractivity contribution in [1.82, 2.24) is 15.1 Å². The normalized spacial score (nSPS) is 17.6. The van der Waals surface area contributed by atoms with Crippen molar-refractivity contribution in [1.29, 1.82) is 0 Å². The maximum Gasteiger partial charge on any atom is 0.240 e. The molecule has 1 aromatic rings. The van der Waals surface area contributed by atoms with Crippen LogP contribution >= 0.6 is 12.4 Å². The average Bonchev–Trinajstić information content (AvgIpc) is 2.76. The van der Waals surface area contributed by atoms with Crippen molar-refractivity contribution < 1.29 is 4.79 Å². The maximum atomic E-state index is 12.1. The van der Waals surface area contributed by atoms with Gasteiger partial charge in [-0.15, -0.1) is 12.4 Å². The van der Waals surface area contributed by atoms with Gasteiger partial charge in [-0.1, -0.05) is 19.3 Å². The first-order valence-electron chi connectivity index (χ1n) is 6.65. The Hall–Kier alpha value is -1.07. The summed E-state index contributed by atoms with van der Waals surface area (Å²) in [7, 11) is 1.89. The van der Waals surface area contributed by atoms with Gasteiger partial charge in [0.1, 0.15) is 0 Å². The second kappa shape index (κ2) is 6.91. The summed E-state index contributed by atoms with van der Waals surface area (Å²) in [6, 6.07) is 0. The fourth-order valence-corrected chi connectivity index (χ4v) is 2.51. The van der Waals surface area contributed by atoms with Crippen LogP contribution in [-0.4, -0.2) is 27.8 Å². The summed E-state index contributed by atoms with van der Waals surface area (Å²) in [5, 5.41) is 7.05. The lowest BCUT2D eigenvalue weighted by molar-refractivity contribution is -0.127. The van der Waals surface area contributed by atoms with Crippen LogP contribution in [0.1, 0.15) is 37.7 Å². The summed E-state index contributed by atoms with van der Waals surface area (Å²) >= 11 is 0. The molecule has 1 amide bonds. The zero-order chi connectivity index (χ0) is 13.0. The first-order chi connectivity index (χ1) is 8.60. The molecule has 0 radical (unpaired) electrons. The molecule has 0 aromatic carbocycles. The maximum absolute atomic E-state index is 12.1. The molecule has 1 aliphatic rings. The fraction of sp³-hybridized carbons (Fsp3) is 0.692. The number of nitrogens with two attached hydrogens (primary N) is 1. The van der Waals surface area contributed by atoms with Crippen molar-refractivity contribution in [3.8, 4) is 0 Å². The number of rotatable bonds is 4. The second-order valence-electron chi connectivity index (χ2n) is 5.24. The Balaban J connectivity index is 0.00000180. The molecule has 108 valence electrons. The van der Waals surface area contributed by atoms with Gasteiger partial charge in [0, 0.05) is 19.8 Å². The number of amides is 1. The number of aromatic nitrogens is 2. The molecule has 0 bridgehead atoms. The fourth-order valence-electron chi connectivity index (χ4n) is 2.51. The Morgan fingerprint density at radius 1 is 1.47 bits per heavy atom. The van der Waals surface area contributed by atoms with E-state index in [0.717, 1.165) is 37.7 Å². The Bertz CT molecular complexity index is 413. The smallest absolute Gasteiger partial charge is 0.240 e. The van der Waals surface area contributed by atoms with Crippen LogP contribution in [0.25, 0.3) is 0 Å². The number of halogens is 1. The molecule has 0 saturated heterocycles. The lowest BCUT2D eigenvalue weighted by Gasteiger charge is -2.31. The van der Waals surface area contributed by atoms with Gasteiger partial charge < -0.3 is 11.1 Å². The van der Waals surface area contributed by atoms with E-state index in [9.17, 15) is 4.79 Å². The Labute approximate surface area is 120 Å². The molecule has 3 N–H and O–H groups in total. The Morgan fingerprint density at radius 2 is 2.16 bits per heavy atom. The van der Waals surface area contributed by atoms with Crippen LogP contribution in [0.3, 0.4) is 0 Å². The van der Waals surface area contributed by atoms with Gasteiger partial charge in [0.15, 0.2) is 0 Å². The summed E-state index contributed by atoms with van der Waals surface area (Å²) in [5.41, 5.74) is 6.66. The van der Waals surface area contributed by atoms with Crippen LogP contribution in [0.5, 0.6) is 0 Å². The summed E-state index contributed by atoms with van der Waals surface area (Å²) in [5.74, 6) is 0.00564. The van der Waals surface area contributed by atoms with E-state index in [4.69, 9.17) is 5.73 Å². The third kappa shape index (κ3) is 4.21. The molecule has 5 nitrogen and oxygen atoms in total. The summed E-state index contributed by atoms with van der Waals surface area (Å²) in [6.45, 7) is 0.628. The number of carbonyl (C=O) groups is 1. The van der Waals surface area contributed by atoms with Crippen molar-refractivity contribution in [3.63, 3.8) is 0 Å². The van der Waals surface area contributed by atoms with Gasteiger partial charge >= 0.3 is 0 Å². The van der Waals surface area contributed by atoms with Gasteiger partial charge in [0.2, 0.25) is 5.91 Å². The van der Waals surface area contributed by atoms with Gasteiger partial charge in [-0.3, -0.25) is 9.48 Å². The molecule has 0 spiro atoms. The molecule has 19 heavy (non-hydrogen) atoms. The number of nitrogens with zero attached hydrogens (tertiary/aromatic N) is 2. The minimum Gasteiger partial charge on any atom is -0.354 e. The van der Waals surface area contributed by atoms with E-state index in [1.54, 1.807) is 4.68 Å². The van der Waals surface area contributed by atoms with E-state index < -0.39 is 5.54 Å². The topological polar surface area (TPSA) is 72.9 Å². The van der Waals surface area contributed by atoms with Crippen molar-refractivity contribution in [2.45, 2.75) is 44.1 Å². The molecule has 1 saturated carbocycles. The predicted octanol–water partition coefficient (Wildman–Crippen LogP) is 1.16. The Kier molecular flexibility index (Phi) is 5.82. The molecule has 1 aliphatic carbocycles. The third-order valence-electron chi connectivity index (χ3n) is 3.66. The van der Waals surface area contributed by atoms with Gasteiger partial charge in [0.25, 0.3) is 0 Å². The largest absolute Gasteiger partial charge is 0.354 e. The van der Waals surface area contributed by atoms with Gasteiger partial charge in [0.05, 0.1) is 11.7 Å². The van der Waals surface area contributed by atoms with Crippen molar-refractivity contribution >= 4 is 18.3 Å². The molecule has 1 aromatic heterocycles. The SMILES string of the molecule is Cl.Cn1cc(CCNC(=O)C2(N)CCCCC2)cn1. The van der Waals surface area contributed by atoms with Gasteiger partial charge in [-0.2, -0.15) is 5.10 Å². The third-order valence-corrected chi connectivity index (χ3v) is 3.66. The monoisotopic (exact) mass is 286 g/mol. The van der Waals surface area contributed by atoms with Gasteiger partial charge in [-0.25, -0.2) is 0 Å². The lowest BCUT2D eigenvalue weighted by atomic mass is 9.82. The molecule has 0 aliphatic heterocycles. The van der Waals surface area contributed by atoms with E-state index in [0.29, 0.717) is 6.54 Å². The predicted molar refractivity (Wildman–Crippen MR) is 77.2 cm³/mol. The van der Waals surface area contributed by atoms with Crippen LogP contribution in [0.4, 0.5) is 0 Å². The number of hydrogen-bond acceptors (Lipinski definition) is 3. The molecule has 1 fully saturated rings. The quantitative estimate of drug-likeness (QED) is 0.872. The highest BCUT2D eigenvalue weighted by Crippen LogP contribution is 2.25. The minimum atomic E-state index is -0.632. The Morgan fingerprint density at radius 3 is 2.74 bits per heavy atom.